The van der Waals surface area contributed by atoms with Crippen LogP contribution in [-0.2, 0) is 22.4 Å². The Kier molecular flexibility index (Phi) is 6.07. The summed E-state index contributed by atoms with van der Waals surface area (Å²) in [6.45, 7) is 3.26. The molecule has 3 rings (SSSR count). The van der Waals surface area contributed by atoms with Crippen molar-refractivity contribution in [1.82, 2.24) is 5.32 Å². The van der Waals surface area contributed by atoms with Crippen LogP contribution in [0.1, 0.15) is 23.6 Å². The van der Waals surface area contributed by atoms with Gasteiger partial charge in [-0.3, -0.25) is 9.59 Å². The van der Waals surface area contributed by atoms with Crippen LogP contribution in [0.2, 0.25) is 0 Å². The summed E-state index contributed by atoms with van der Waals surface area (Å²) < 4.78 is 23.9. The molecule has 2 aromatic carbocycles. The Morgan fingerprint density at radius 3 is 2.66 bits per heavy atom. The average Bonchev–Trinajstić information content (AvgIpc) is 2.66. The van der Waals surface area contributed by atoms with Gasteiger partial charge in [-0.05, 0) is 42.7 Å². The molecule has 1 amide bonds. The minimum absolute atomic E-state index is 0.146. The number of nitrogens with one attached hydrogen (secondary N) is 1. The first-order chi connectivity index (χ1) is 13.8. The summed E-state index contributed by atoms with van der Waals surface area (Å²) in [5, 5.41) is 3.34. The number of ether oxygens (including phenoxy) is 1. The van der Waals surface area contributed by atoms with E-state index in [0.29, 0.717) is 22.9 Å². The number of hydrogen-bond acceptors (Lipinski definition) is 5. The van der Waals surface area contributed by atoms with Crippen molar-refractivity contribution in [2.45, 2.75) is 26.7 Å². The molecule has 0 atom stereocenters. The molecule has 150 valence electrons. The lowest BCUT2D eigenvalue weighted by molar-refractivity contribution is -0.131. The zero-order valence-corrected chi connectivity index (χ0v) is 16.1. The standard InChI is InChI=1S/C22H20FNO5/c1-13-17-8-7-16(28-14(2)25)11-20(17)29-22(27)18(13)12-21(26)24-10-9-15-5-3-4-6-19(15)23/h3-8,11H,9-10,12H2,1-2H3,(H,24,26). The van der Waals surface area contributed by atoms with Gasteiger partial charge in [0.1, 0.15) is 17.1 Å². The highest BCUT2D eigenvalue weighted by atomic mass is 19.1. The summed E-state index contributed by atoms with van der Waals surface area (Å²) in [5.41, 5.74) is 1.03. The molecule has 0 radical (unpaired) electrons. The van der Waals surface area contributed by atoms with Crippen LogP contribution in [0.25, 0.3) is 11.0 Å². The Morgan fingerprint density at radius 2 is 1.93 bits per heavy atom. The lowest BCUT2D eigenvalue weighted by Gasteiger charge is -2.10. The Balaban J connectivity index is 1.72. The van der Waals surface area contributed by atoms with E-state index in [2.05, 4.69) is 5.32 Å². The summed E-state index contributed by atoms with van der Waals surface area (Å²) in [6, 6.07) is 11.1. The summed E-state index contributed by atoms with van der Waals surface area (Å²) in [7, 11) is 0. The molecule has 0 aliphatic carbocycles. The summed E-state index contributed by atoms with van der Waals surface area (Å²) in [5.74, 6) is -0.883. The monoisotopic (exact) mass is 397 g/mol. The molecule has 1 N–H and O–H groups in total. The van der Waals surface area contributed by atoms with Gasteiger partial charge in [-0.2, -0.15) is 0 Å². The number of amides is 1. The first-order valence-electron chi connectivity index (χ1n) is 9.10. The molecule has 0 fully saturated rings. The second-order valence-corrected chi connectivity index (χ2v) is 6.61. The fraction of sp³-hybridized carbons (Fsp3) is 0.227. The molecule has 0 aliphatic rings. The van der Waals surface area contributed by atoms with Crippen LogP contribution in [0, 0.1) is 12.7 Å². The van der Waals surface area contributed by atoms with Crippen molar-refractivity contribution in [2.75, 3.05) is 6.54 Å². The highest BCUT2D eigenvalue weighted by Crippen LogP contribution is 2.24. The second kappa shape index (κ2) is 8.68. The Morgan fingerprint density at radius 1 is 1.17 bits per heavy atom. The normalized spacial score (nSPS) is 10.7. The van der Waals surface area contributed by atoms with E-state index in [9.17, 15) is 18.8 Å². The van der Waals surface area contributed by atoms with E-state index in [4.69, 9.17) is 9.15 Å². The molecule has 1 heterocycles. The van der Waals surface area contributed by atoms with Gasteiger partial charge in [-0.15, -0.1) is 0 Å². The van der Waals surface area contributed by atoms with E-state index in [1.807, 2.05) is 0 Å². The maximum atomic E-state index is 13.6. The average molecular weight is 397 g/mol. The number of benzene rings is 2. The minimum Gasteiger partial charge on any atom is -0.427 e. The largest absolute Gasteiger partial charge is 0.427 e. The van der Waals surface area contributed by atoms with Gasteiger partial charge in [0.05, 0.1) is 12.0 Å². The topological polar surface area (TPSA) is 85.6 Å². The Hall–Kier alpha value is -3.48. The van der Waals surface area contributed by atoms with E-state index in [1.54, 1.807) is 37.3 Å². The van der Waals surface area contributed by atoms with Crippen molar-refractivity contribution < 1.29 is 23.1 Å². The quantitative estimate of drug-likeness (QED) is 0.393. The van der Waals surface area contributed by atoms with Crippen LogP contribution in [0.3, 0.4) is 0 Å². The maximum Gasteiger partial charge on any atom is 0.340 e. The van der Waals surface area contributed by atoms with Crippen molar-refractivity contribution in [2.24, 2.45) is 0 Å². The van der Waals surface area contributed by atoms with Crippen LogP contribution in [0.5, 0.6) is 5.75 Å². The Bertz CT molecular complexity index is 1140. The third-order valence-electron chi connectivity index (χ3n) is 4.53. The number of aryl methyl sites for hydroxylation is 1. The summed E-state index contributed by atoms with van der Waals surface area (Å²) in [6.07, 6.45) is 0.204. The first-order valence-corrected chi connectivity index (χ1v) is 9.10. The zero-order chi connectivity index (χ0) is 21.0. The first kappa shape index (κ1) is 20.3. The molecular weight excluding hydrogens is 377 g/mol. The molecule has 7 heteroatoms. The highest BCUT2D eigenvalue weighted by Gasteiger charge is 2.16. The minimum atomic E-state index is -0.626. The van der Waals surface area contributed by atoms with Gasteiger partial charge < -0.3 is 14.5 Å². The van der Waals surface area contributed by atoms with Gasteiger partial charge in [-0.1, -0.05) is 18.2 Å². The van der Waals surface area contributed by atoms with E-state index in [0.717, 1.165) is 0 Å². The zero-order valence-electron chi connectivity index (χ0n) is 16.1. The van der Waals surface area contributed by atoms with Crippen LogP contribution < -0.4 is 15.7 Å². The fourth-order valence-corrected chi connectivity index (χ4v) is 3.07. The van der Waals surface area contributed by atoms with Crippen molar-refractivity contribution in [3.05, 3.63) is 75.4 Å². The molecule has 0 unspecified atom stereocenters. The van der Waals surface area contributed by atoms with Crippen molar-refractivity contribution in [1.29, 1.82) is 0 Å². The number of esters is 1. The number of carbonyl (C=O) groups is 2. The summed E-state index contributed by atoms with van der Waals surface area (Å²) >= 11 is 0. The molecule has 0 bridgehead atoms. The number of hydrogen-bond donors (Lipinski definition) is 1. The molecule has 0 saturated carbocycles. The maximum absolute atomic E-state index is 13.6. The second-order valence-electron chi connectivity index (χ2n) is 6.61. The predicted molar refractivity (Wildman–Crippen MR) is 105 cm³/mol. The summed E-state index contributed by atoms with van der Waals surface area (Å²) in [4.78, 5) is 35.7. The number of carbonyl (C=O) groups excluding carboxylic acids is 2. The van der Waals surface area contributed by atoms with Crippen LogP contribution in [0.4, 0.5) is 4.39 Å². The van der Waals surface area contributed by atoms with Crippen molar-refractivity contribution >= 4 is 22.8 Å². The SMILES string of the molecule is CC(=O)Oc1ccc2c(C)c(CC(=O)NCCc3ccccc3F)c(=O)oc2c1. The van der Waals surface area contributed by atoms with Gasteiger partial charge >= 0.3 is 11.6 Å². The van der Waals surface area contributed by atoms with Gasteiger partial charge in [0.25, 0.3) is 0 Å². The van der Waals surface area contributed by atoms with Gasteiger partial charge in [0.15, 0.2) is 0 Å². The molecule has 0 saturated heterocycles. The van der Waals surface area contributed by atoms with Gasteiger partial charge in [0, 0.05) is 24.9 Å². The number of halogens is 1. The molecule has 0 spiro atoms. The van der Waals surface area contributed by atoms with Crippen LogP contribution in [-0.4, -0.2) is 18.4 Å². The highest BCUT2D eigenvalue weighted by molar-refractivity contribution is 5.85. The molecular formula is C22H20FNO5. The molecule has 0 aliphatic heterocycles. The smallest absolute Gasteiger partial charge is 0.340 e. The van der Waals surface area contributed by atoms with Crippen molar-refractivity contribution in [3.8, 4) is 5.75 Å². The van der Waals surface area contributed by atoms with Crippen LogP contribution >= 0.6 is 0 Å². The third kappa shape index (κ3) is 4.87. The van der Waals surface area contributed by atoms with E-state index in [-0.39, 0.29) is 41.6 Å². The van der Waals surface area contributed by atoms with Gasteiger partial charge in [0.2, 0.25) is 5.91 Å². The van der Waals surface area contributed by atoms with E-state index in [1.165, 1.54) is 19.1 Å². The Labute approximate surface area is 166 Å². The van der Waals surface area contributed by atoms with Crippen molar-refractivity contribution in [3.63, 3.8) is 0 Å². The number of fused-ring (bicyclic) bond motifs is 1. The predicted octanol–water partition coefficient (Wildman–Crippen LogP) is 3.07. The lowest BCUT2D eigenvalue weighted by Crippen LogP contribution is -2.29. The van der Waals surface area contributed by atoms with E-state index < -0.39 is 11.6 Å². The van der Waals surface area contributed by atoms with Crippen LogP contribution in [0.15, 0.2) is 51.7 Å². The van der Waals surface area contributed by atoms with Gasteiger partial charge in [-0.25, -0.2) is 9.18 Å². The number of rotatable bonds is 6. The molecule has 29 heavy (non-hydrogen) atoms. The third-order valence-corrected chi connectivity index (χ3v) is 4.53. The fourth-order valence-electron chi connectivity index (χ4n) is 3.07. The molecule has 3 aromatic rings. The molecule has 6 nitrogen and oxygen atoms in total. The van der Waals surface area contributed by atoms with E-state index >= 15 is 0 Å². The molecule has 1 aromatic heterocycles. The lowest BCUT2D eigenvalue weighted by atomic mass is 10.0.